The summed E-state index contributed by atoms with van der Waals surface area (Å²) < 4.78 is 0. The van der Waals surface area contributed by atoms with Crippen LogP contribution < -0.4 is 0 Å². The number of rotatable bonds is 3. The summed E-state index contributed by atoms with van der Waals surface area (Å²) >= 11 is 0. The maximum atomic E-state index is 11.2. The van der Waals surface area contributed by atoms with Crippen LogP contribution in [0.25, 0.3) is 0 Å². The number of nitro groups is 1. The number of hydrogen-bond acceptors (Lipinski definition) is 3. The smallest absolute Gasteiger partial charge is 0.207 e. The van der Waals surface area contributed by atoms with Gasteiger partial charge in [-0.05, 0) is 12.3 Å². The normalized spacial score (nSPS) is 28.5. The van der Waals surface area contributed by atoms with Gasteiger partial charge in [0.2, 0.25) is 6.54 Å². The number of carbonyl (C=O) groups excluding carboxylic acids is 1. The van der Waals surface area contributed by atoms with Crippen LogP contribution in [0.4, 0.5) is 0 Å². The zero-order chi connectivity index (χ0) is 9.84. The van der Waals surface area contributed by atoms with Crippen LogP contribution in [0.3, 0.4) is 0 Å². The predicted molar refractivity (Wildman–Crippen MR) is 47.9 cm³/mol. The van der Waals surface area contributed by atoms with Crippen molar-refractivity contribution >= 4 is 5.78 Å². The molecule has 1 fully saturated rings. The van der Waals surface area contributed by atoms with Crippen LogP contribution in [0.5, 0.6) is 0 Å². The maximum Gasteiger partial charge on any atom is 0.207 e. The van der Waals surface area contributed by atoms with Crippen LogP contribution in [0, 0.1) is 22.0 Å². The molecule has 0 bridgehead atoms. The molecule has 1 rings (SSSR count). The average molecular weight is 183 g/mol. The van der Waals surface area contributed by atoms with Crippen LogP contribution in [-0.4, -0.2) is 17.3 Å². The Morgan fingerprint density at radius 1 is 1.62 bits per heavy atom. The average Bonchev–Trinajstić information content (AvgIpc) is 2.01. The van der Waals surface area contributed by atoms with E-state index in [4.69, 9.17) is 0 Å². The molecule has 72 valence electrons. The Bertz CT molecular complexity index is 235. The first kappa shape index (κ1) is 9.89. The molecule has 1 aliphatic carbocycles. The Morgan fingerprint density at radius 3 is 2.85 bits per heavy atom. The summed E-state index contributed by atoms with van der Waals surface area (Å²) in [5.74, 6) is 0.188. The molecular formula is C9H13NO3. The molecule has 0 aliphatic heterocycles. The van der Waals surface area contributed by atoms with Crippen molar-refractivity contribution in [2.45, 2.75) is 19.3 Å². The van der Waals surface area contributed by atoms with E-state index in [9.17, 15) is 14.9 Å². The quantitative estimate of drug-likeness (QED) is 0.378. The summed E-state index contributed by atoms with van der Waals surface area (Å²) in [4.78, 5) is 21.0. The minimum Gasteiger partial charge on any atom is -0.300 e. The van der Waals surface area contributed by atoms with Gasteiger partial charge in [0.05, 0.1) is 0 Å². The number of Topliss-reactive ketones (excluding diaryl/α,β-unsaturated/α-hetero) is 1. The molecular weight excluding hydrogens is 170 g/mol. The van der Waals surface area contributed by atoms with Crippen molar-refractivity contribution in [2.24, 2.45) is 11.8 Å². The zero-order valence-electron chi connectivity index (χ0n) is 7.44. The molecule has 13 heavy (non-hydrogen) atoms. The highest BCUT2D eigenvalue weighted by molar-refractivity contribution is 5.79. The third kappa shape index (κ3) is 2.97. The van der Waals surface area contributed by atoms with Gasteiger partial charge in [0.25, 0.3) is 0 Å². The summed E-state index contributed by atoms with van der Waals surface area (Å²) in [6.45, 7) is 3.52. The van der Waals surface area contributed by atoms with Crippen molar-refractivity contribution in [3.8, 4) is 0 Å². The summed E-state index contributed by atoms with van der Waals surface area (Å²) in [6, 6.07) is 0. The molecule has 0 aromatic heterocycles. The van der Waals surface area contributed by atoms with Crippen molar-refractivity contribution in [3.05, 3.63) is 22.8 Å². The van der Waals surface area contributed by atoms with Gasteiger partial charge in [0, 0.05) is 23.7 Å². The lowest BCUT2D eigenvalue weighted by Crippen LogP contribution is -2.26. The minimum atomic E-state index is -0.344. The first-order valence-electron chi connectivity index (χ1n) is 4.38. The van der Waals surface area contributed by atoms with Crippen molar-refractivity contribution in [1.82, 2.24) is 0 Å². The monoisotopic (exact) mass is 183 g/mol. The van der Waals surface area contributed by atoms with Gasteiger partial charge >= 0.3 is 0 Å². The lowest BCUT2D eigenvalue weighted by molar-refractivity contribution is -0.488. The Kier molecular flexibility index (Phi) is 3.17. The largest absolute Gasteiger partial charge is 0.300 e. The van der Waals surface area contributed by atoms with Crippen LogP contribution in [0.1, 0.15) is 19.3 Å². The molecule has 1 unspecified atom stereocenters. The predicted octanol–water partition coefficient (Wildman–Crippen LogP) is 1.43. The second kappa shape index (κ2) is 4.16. The molecule has 4 nitrogen and oxygen atoms in total. The van der Waals surface area contributed by atoms with E-state index in [2.05, 4.69) is 6.58 Å². The number of hydrogen-bond donors (Lipinski definition) is 0. The molecule has 0 aromatic rings. The number of nitrogens with zero attached hydrogens (tertiary/aromatic N) is 1. The zero-order valence-corrected chi connectivity index (χ0v) is 7.44. The van der Waals surface area contributed by atoms with Crippen LogP contribution in [-0.2, 0) is 4.79 Å². The van der Waals surface area contributed by atoms with Gasteiger partial charge in [0.1, 0.15) is 5.78 Å². The second-order valence-corrected chi connectivity index (χ2v) is 3.56. The van der Waals surface area contributed by atoms with Gasteiger partial charge in [-0.1, -0.05) is 6.08 Å². The highest BCUT2D eigenvalue weighted by atomic mass is 16.6. The first-order chi connectivity index (χ1) is 6.11. The summed E-state index contributed by atoms with van der Waals surface area (Å²) in [5, 5.41) is 10.2. The van der Waals surface area contributed by atoms with Crippen LogP contribution in [0.15, 0.2) is 12.7 Å². The SMILES string of the molecule is C=C[C@H]1CC(=O)CC(C[N+](=O)[O-])C1. The molecule has 1 aliphatic rings. The third-order valence-corrected chi connectivity index (χ3v) is 2.38. The standard InChI is InChI=1S/C9H13NO3/c1-2-7-3-8(6-10(12)13)5-9(11)4-7/h2,7-8H,1,3-6H2/t7-,8?/m1/s1. The van der Waals surface area contributed by atoms with E-state index in [1.807, 2.05) is 0 Å². The van der Waals surface area contributed by atoms with E-state index >= 15 is 0 Å². The fourth-order valence-electron chi connectivity index (χ4n) is 1.82. The summed E-state index contributed by atoms with van der Waals surface area (Å²) in [6.07, 6.45) is 3.34. The Labute approximate surface area is 76.8 Å². The van der Waals surface area contributed by atoms with E-state index in [1.54, 1.807) is 6.08 Å². The number of ketones is 1. The molecule has 0 spiro atoms. The van der Waals surface area contributed by atoms with E-state index in [1.165, 1.54) is 0 Å². The van der Waals surface area contributed by atoms with Gasteiger partial charge < -0.3 is 0 Å². The van der Waals surface area contributed by atoms with Crippen LogP contribution >= 0.6 is 0 Å². The fourth-order valence-corrected chi connectivity index (χ4v) is 1.82. The summed E-state index contributed by atoms with van der Waals surface area (Å²) in [5.41, 5.74) is 0. The Balaban J connectivity index is 2.51. The Hall–Kier alpha value is -1.19. The highest BCUT2D eigenvalue weighted by Crippen LogP contribution is 2.27. The topological polar surface area (TPSA) is 60.2 Å². The highest BCUT2D eigenvalue weighted by Gasteiger charge is 2.28. The minimum absolute atomic E-state index is 0.0840. The van der Waals surface area contributed by atoms with Gasteiger partial charge in [0.15, 0.2) is 0 Å². The van der Waals surface area contributed by atoms with Crippen molar-refractivity contribution < 1.29 is 9.72 Å². The third-order valence-electron chi connectivity index (χ3n) is 2.38. The molecule has 0 N–H and O–H groups in total. The van der Waals surface area contributed by atoms with Crippen molar-refractivity contribution in [1.29, 1.82) is 0 Å². The molecule has 0 heterocycles. The van der Waals surface area contributed by atoms with Crippen molar-refractivity contribution in [2.75, 3.05) is 6.54 Å². The molecule has 1 saturated carbocycles. The molecule has 0 saturated heterocycles. The molecule has 0 radical (unpaired) electrons. The lowest BCUT2D eigenvalue weighted by Gasteiger charge is -2.23. The molecule has 0 aromatic carbocycles. The summed E-state index contributed by atoms with van der Waals surface area (Å²) in [7, 11) is 0. The van der Waals surface area contributed by atoms with E-state index in [-0.39, 0.29) is 29.1 Å². The van der Waals surface area contributed by atoms with E-state index in [0.29, 0.717) is 12.8 Å². The van der Waals surface area contributed by atoms with Crippen LogP contribution in [0.2, 0.25) is 0 Å². The molecule has 2 atom stereocenters. The first-order valence-corrected chi connectivity index (χ1v) is 4.38. The number of carbonyl (C=O) groups is 1. The van der Waals surface area contributed by atoms with Crippen molar-refractivity contribution in [3.63, 3.8) is 0 Å². The van der Waals surface area contributed by atoms with E-state index < -0.39 is 0 Å². The Morgan fingerprint density at radius 2 is 2.31 bits per heavy atom. The molecule has 0 amide bonds. The lowest BCUT2D eigenvalue weighted by atomic mass is 9.81. The van der Waals surface area contributed by atoms with Gasteiger partial charge in [-0.3, -0.25) is 14.9 Å². The van der Waals surface area contributed by atoms with Gasteiger partial charge in [-0.15, -0.1) is 6.58 Å². The van der Waals surface area contributed by atoms with E-state index in [0.717, 1.165) is 6.42 Å². The number of allylic oxidation sites excluding steroid dienone is 1. The van der Waals surface area contributed by atoms with Gasteiger partial charge in [-0.2, -0.15) is 0 Å². The second-order valence-electron chi connectivity index (χ2n) is 3.56. The maximum absolute atomic E-state index is 11.2. The molecule has 4 heteroatoms. The fraction of sp³-hybridized carbons (Fsp3) is 0.667. The van der Waals surface area contributed by atoms with Gasteiger partial charge in [-0.25, -0.2) is 0 Å².